The van der Waals surface area contributed by atoms with Gasteiger partial charge in [0, 0.05) is 38.4 Å². The molecular formula is C18H25N5O3S. The average Bonchev–Trinajstić information content (AvgIpc) is 3.24. The second-order valence-electron chi connectivity index (χ2n) is 6.71. The van der Waals surface area contributed by atoms with Gasteiger partial charge in [-0.15, -0.1) is 11.3 Å². The average molecular weight is 391 g/mol. The van der Waals surface area contributed by atoms with E-state index < -0.39 is 0 Å². The summed E-state index contributed by atoms with van der Waals surface area (Å²) >= 11 is 1.36. The number of likely N-dealkylation sites (tertiary alicyclic amines) is 1. The molecule has 2 amide bonds. The van der Waals surface area contributed by atoms with E-state index in [1.54, 1.807) is 5.51 Å². The van der Waals surface area contributed by atoms with E-state index in [2.05, 4.69) is 20.4 Å². The minimum absolute atomic E-state index is 0.0668. The number of aromatic nitrogens is 3. The Bertz CT molecular complexity index is 788. The number of nitrogens with zero attached hydrogens (tertiary/aromatic N) is 4. The highest BCUT2D eigenvalue weighted by atomic mass is 32.1. The molecule has 3 heterocycles. The van der Waals surface area contributed by atoms with Crippen LogP contribution in [0.5, 0.6) is 0 Å². The van der Waals surface area contributed by atoms with E-state index in [9.17, 15) is 9.59 Å². The summed E-state index contributed by atoms with van der Waals surface area (Å²) in [7, 11) is 0. The molecule has 3 rings (SSSR count). The summed E-state index contributed by atoms with van der Waals surface area (Å²) < 4.78 is 5.14. The third-order valence-corrected chi connectivity index (χ3v) is 5.67. The van der Waals surface area contributed by atoms with E-state index in [0.717, 1.165) is 37.9 Å². The predicted molar refractivity (Wildman–Crippen MR) is 101 cm³/mol. The van der Waals surface area contributed by atoms with Gasteiger partial charge in [0.25, 0.3) is 5.91 Å². The molecule has 1 atom stereocenters. The Morgan fingerprint density at radius 2 is 2.22 bits per heavy atom. The van der Waals surface area contributed by atoms with Crippen LogP contribution >= 0.6 is 11.3 Å². The first kappa shape index (κ1) is 19.5. The molecule has 27 heavy (non-hydrogen) atoms. The van der Waals surface area contributed by atoms with E-state index in [-0.39, 0.29) is 17.9 Å². The molecule has 1 aliphatic rings. The molecular weight excluding hydrogens is 366 g/mol. The lowest BCUT2D eigenvalue weighted by Gasteiger charge is -2.20. The summed E-state index contributed by atoms with van der Waals surface area (Å²) in [6.07, 6.45) is 4.05. The molecule has 0 radical (unpaired) electrons. The van der Waals surface area contributed by atoms with Gasteiger partial charge in [-0.3, -0.25) is 9.59 Å². The SMILES string of the molecule is CCc1noc(CCC(=O)N2CCC[C@@H](NC(=O)c3scnc3C)CC2)n1. The van der Waals surface area contributed by atoms with Gasteiger partial charge in [-0.25, -0.2) is 4.98 Å². The maximum absolute atomic E-state index is 12.5. The van der Waals surface area contributed by atoms with Crippen LogP contribution in [0.1, 0.15) is 59.7 Å². The van der Waals surface area contributed by atoms with Gasteiger partial charge in [0.05, 0.1) is 11.2 Å². The fourth-order valence-electron chi connectivity index (χ4n) is 3.17. The first-order valence-electron chi connectivity index (χ1n) is 9.37. The zero-order valence-corrected chi connectivity index (χ0v) is 16.5. The number of hydrogen-bond donors (Lipinski definition) is 1. The van der Waals surface area contributed by atoms with Crippen molar-refractivity contribution in [3.63, 3.8) is 0 Å². The number of carbonyl (C=O) groups excluding carboxylic acids is 2. The number of amides is 2. The van der Waals surface area contributed by atoms with Gasteiger partial charge in [-0.1, -0.05) is 12.1 Å². The number of thiazole rings is 1. The molecule has 1 aliphatic heterocycles. The van der Waals surface area contributed by atoms with Crippen molar-refractivity contribution in [2.24, 2.45) is 0 Å². The Balaban J connectivity index is 1.46. The van der Waals surface area contributed by atoms with Crippen molar-refractivity contribution in [1.29, 1.82) is 0 Å². The minimum Gasteiger partial charge on any atom is -0.348 e. The molecule has 0 aromatic carbocycles. The first-order valence-corrected chi connectivity index (χ1v) is 10.2. The van der Waals surface area contributed by atoms with Gasteiger partial charge in [0.2, 0.25) is 11.8 Å². The number of nitrogens with one attached hydrogen (secondary N) is 1. The van der Waals surface area contributed by atoms with Crippen LogP contribution in [0.4, 0.5) is 0 Å². The molecule has 0 bridgehead atoms. The van der Waals surface area contributed by atoms with Crippen LogP contribution < -0.4 is 5.32 Å². The Labute approximate surface area is 162 Å². The summed E-state index contributed by atoms with van der Waals surface area (Å²) in [5, 5.41) is 6.94. The minimum atomic E-state index is -0.0668. The van der Waals surface area contributed by atoms with Crippen LogP contribution in [0.25, 0.3) is 0 Å². The molecule has 1 saturated heterocycles. The van der Waals surface area contributed by atoms with Crippen molar-refractivity contribution in [3.05, 3.63) is 27.8 Å². The zero-order valence-electron chi connectivity index (χ0n) is 15.7. The second-order valence-corrected chi connectivity index (χ2v) is 7.56. The van der Waals surface area contributed by atoms with Gasteiger partial charge in [0.15, 0.2) is 5.82 Å². The lowest BCUT2D eigenvalue weighted by atomic mass is 10.1. The molecule has 8 nitrogen and oxygen atoms in total. The maximum Gasteiger partial charge on any atom is 0.263 e. The van der Waals surface area contributed by atoms with Crippen molar-refractivity contribution >= 4 is 23.2 Å². The van der Waals surface area contributed by atoms with E-state index in [1.165, 1.54) is 11.3 Å². The maximum atomic E-state index is 12.5. The highest BCUT2D eigenvalue weighted by Gasteiger charge is 2.23. The molecule has 0 unspecified atom stereocenters. The largest absolute Gasteiger partial charge is 0.348 e. The van der Waals surface area contributed by atoms with Gasteiger partial charge in [0.1, 0.15) is 4.88 Å². The highest BCUT2D eigenvalue weighted by molar-refractivity contribution is 7.11. The Morgan fingerprint density at radius 1 is 1.37 bits per heavy atom. The molecule has 0 spiro atoms. The van der Waals surface area contributed by atoms with Crippen molar-refractivity contribution in [2.45, 2.75) is 58.4 Å². The normalized spacial score (nSPS) is 17.6. The number of rotatable bonds is 6. The number of hydrogen-bond acceptors (Lipinski definition) is 7. The highest BCUT2D eigenvalue weighted by Crippen LogP contribution is 2.16. The van der Waals surface area contributed by atoms with E-state index in [1.807, 2.05) is 18.7 Å². The summed E-state index contributed by atoms with van der Waals surface area (Å²) in [6, 6.07) is 0.0832. The third-order valence-electron chi connectivity index (χ3n) is 4.75. The van der Waals surface area contributed by atoms with Crippen molar-refractivity contribution in [1.82, 2.24) is 25.3 Å². The van der Waals surface area contributed by atoms with Gasteiger partial charge in [-0.05, 0) is 26.2 Å². The van der Waals surface area contributed by atoms with Crippen LogP contribution in [-0.2, 0) is 17.6 Å². The molecule has 1 fully saturated rings. The smallest absolute Gasteiger partial charge is 0.263 e. The van der Waals surface area contributed by atoms with Crippen LogP contribution in [0.15, 0.2) is 10.0 Å². The molecule has 1 N–H and O–H groups in total. The Kier molecular flexibility index (Phi) is 6.54. The number of aryl methyl sites for hydroxylation is 3. The summed E-state index contributed by atoms with van der Waals surface area (Å²) in [5.41, 5.74) is 2.44. The van der Waals surface area contributed by atoms with Crippen LogP contribution in [0, 0.1) is 6.92 Å². The summed E-state index contributed by atoms with van der Waals surface area (Å²) in [5.74, 6) is 1.21. The van der Waals surface area contributed by atoms with E-state index in [4.69, 9.17) is 4.52 Å². The van der Waals surface area contributed by atoms with Crippen LogP contribution in [0.3, 0.4) is 0 Å². The van der Waals surface area contributed by atoms with E-state index in [0.29, 0.717) is 36.0 Å². The Morgan fingerprint density at radius 3 is 2.93 bits per heavy atom. The fraction of sp³-hybridized carbons (Fsp3) is 0.611. The van der Waals surface area contributed by atoms with Gasteiger partial charge in [-0.2, -0.15) is 4.98 Å². The van der Waals surface area contributed by atoms with Crippen molar-refractivity contribution in [2.75, 3.05) is 13.1 Å². The summed E-state index contributed by atoms with van der Waals surface area (Å²) in [4.78, 5) is 35.8. The van der Waals surface area contributed by atoms with Crippen LogP contribution in [-0.4, -0.2) is 51.0 Å². The topological polar surface area (TPSA) is 101 Å². The molecule has 2 aromatic rings. The molecule has 2 aromatic heterocycles. The monoisotopic (exact) mass is 391 g/mol. The fourth-order valence-corrected chi connectivity index (χ4v) is 3.87. The molecule has 146 valence electrons. The van der Waals surface area contributed by atoms with Crippen LogP contribution in [0.2, 0.25) is 0 Å². The molecule has 0 saturated carbocycles. The summed E-state index contributed by atoms with van der Waals surface area (Å²) in [6.45, 7) is 5.17. The zero-order chi connectivity index (χ0) is 19.2. The van der Waals surface area contributed by atoms with E-state index >= 15 is 0 Å². The van der Waals surface area contributed by atoms with Gasteiger partial charge < -0.3 is 14.7 Å². The van der Waals surface area contributed by atoms with Gasteiger partial charge >= 0.3 is 0 Å². The molecule has 9 heteroatoms. The quantitative estimate of drug-likeness (QED) is 0.810. The predicted octanol–water partition coefficient (Wildman–Crippen LogP) is 2.14. The second kappa shape index (κ2) is 9.07. The standard InChI is InChI=1S/C18H25N5O3S/c1-3-14-21-15(26-22-14)6-7-16(24)23-9-4-5-13(8-10-23)20-18(25)17-12(2)19-11-27-17/h11,13H,3-10H2,1-2H3,(H,20,25)/t13-/m1/s1. The Hall–Kier alpha value is -2.29. The lowest BCUT2D eigenvalue weighted by Crippen LogP contribution is -2.36. The molecule has 0 aliphatic carbocycles. The third kappa shape index (κ3) is 5.12. The number of carbonyl (C=O) groups is 2. The van der Waals surface area contributed by atoms with Crippen molar-refractivity contribution in [3.8, 4) is 0 Å². The lowest BCUT2D eigenvalue weighted by molar-refractivity contribution is -0.131. The first-order chi connectivity index (χ1) is 13.1. The van der Waals surface area contributed by atoms with Crippen molar-refractivity contribution < 1.29 is 14.1 Å².